The van der Waals surface area contributed by atoms with E-state index in [0.717, 1.165) is 21.3 Å². The molecule has 2 aliphatic heterocycles. The Hall–Kier alpha value is -2.21. The maximum absolute atomic E-state index is 10.5. The molecule has 5 rings (SSSR count). The van der Waals surface area contributed by atoms with Gasteiger partial charge in [-0.1, -0.05) is 69.5 Å². The fourth-order valence-corrected chi connectivity index (χ4v) is 4.78. The molecule has 0 unspecified atom stereocenters. The largest absolute Gasteiger partial charge is 0.507 e. The van der Waals surface area contributed by atoms with E-state index < -0.39 is 6.23 Å². The Balaban J connectivity index is 1.67. The van der Waals surface area contributed by atoms with Crippen molar-refractivity contribution in [2.45, 2.75) is 18.7 Å². The van der Waals surface area contributed by atoms with Crippen LogP contribution in [0.4, 0.5) is 0 Å². The Morgan fingerprint density at radius 1 is 1.03 bits per heavy atom. The van der Waals surface area contributed by atoms with E-state index in [1.54, 1.807) is 18.2 Å². The van der Waals surface area contributed by atoms with Crippen molar-refractivity contribution >= 4 is 44.8 Å². The normalized spacial score (nSPS) is 20.0. The number of phenolic OH excluding ortho intramolecular Hbond substituents is 1. The fraction of sp³-hybridized carbons (Fsp3) is 0.136. The first-order valence-electron chi connectivity index (χ1n) is 9.06. The van der Waals surface area contributed by atoms with E-state index in [1.807, 2.05) is 47.5 Å². The van der Waals surface area contributed by atoms with E-state index in [1.165, 1.54) is 0 Å². The van der Waals surface area contributed by atoms with Gasteiger partial charge in [0.25, 0.3) is 0 Å². The number of rotatable bonds is 2. The highest BCUT2D eigenvalue weighted by atomic mass is 79.9. The first kappa shape index (κ1) is 18.8. The van der Waals surface area contributed by atoms with Crippen LogP contribution in [-0.2, 0) is 0 Å². The molecule has 2 heterocycles. The SMILES string of the molecule is Oc1ccc(Br)cc1[C@@H]1Oc2c(Cl)cc(Cl)cc2[C@@H]2CC(c3ccccc3)=NN21. The Morgan fingerprint density at radius 3 is 2.62 bits per heavy atom. The minimum atomic E-state index is -0.620. The molecule has 29 heavy (non-hydrogen) atoms. The molecule has 7 heteroatoms. The number of phenols is 1. The fourth-order valence-electron chi connectivity index (χ4n) is 3.85. The van der Waals surface area contributed by atoms with Crippen LogP contribution in [0.1, 0.15) is 35.4 Å². The molecule has 1 N–H and O–H groups in total. The lowest BCUT2D eigenvalue weighted by atomic mass is 9.95. The van der Waals surface area contributed by atoms with E-state index in [-0.39, 0.29) is 11.8 Å². The van der Waals surface area contributed by atoms with Crippen LogP contribution in [0.2, 0.25) is 10.0 Å². The third kappa shape index (κ3) is 3.27. The highest BCUT2D eigenvalue weighted by Crippen LogP contribution is 2.51. The number of benzene rings is 3. The Bertz CT molecular complexity index is 1140. The molecule has 0 radical (unpaired) electrons. The lowest BCUT2D eigenvalue weighted by molar-refractivity contribution is -0.0202. The number of fused-ring (bicyclic) bond motifs is 3. The number of aromatic hydroxyl groups is 1. The summed E-state index contributed by atoms with van der Waals surface area (Å²) in [7, 11) is 0. The molecule has 2 atom stereocenters. The van der Waals surface area contributed by atoms with Crippen LogP contribution < -0.4 is 4.74 Å². The second-order valence-electron chi connectivity index (χ2n) is 6.99. The summed E-state index contributed by atoms with van der Waals surface area (Å²) in [4.78, 5) is 0. The van der Waals surface area contributed by atoms with Gasteiger partial charge in [-0.15, -0.1) is 0 Å². The predicted molar refractivity (Wildman–Crippen MR) is 118 cm³/mol. The van der Waals surface area contributed by atoms with Crippen molar-refractivity contribution in [3.63, 3.8) is 0 Å². The van der Waals surface area contributed by atoms with Gasteiger partial charge < -0.3 is 9.84 Å². The maximum atomic E-state index is 10.5. The lowest BCUT2D eigenvalue weighted by Gasteiger charge is -2.38. The Labute approximate surface area is 186 Å². The van der Waals surface area contributed by atoms with Gasteiger partial charge in [-0.3, -0.25) is 0 Å². The number of hydrazone groups is 1. The molecule has 0 aliphatic carbocycles. The van der Waals surface area contributed by atoms with Crippen LogP contribution in [-0.4, -0.2) is 15.8 Å². The van der Waals surface area contributed by atoms with Crippen molar-refractivity contribution in [1.29, 1.82) is 0 Å². The summed E-state index contributed by atoms with van der Waals surface area (Å²) < 4.78 is 7.12. The molecule has 2 aliphatic rings. The summed E-state index contributed by atoms with van der Waals surface area (Å²) in [5.74, 6) is 0.708. The smallest absolute Gasteiger partial charge is 0.217 e. The number of nitrogens with zero attached hydrogens (tertiary/aromatic N) is 2. The van der Waals surface area contributed by atoms with Gasteiger partial charge in [0.05, 0.1) is 22.3 Å². The molecule has 0 saturated heterocycles. The molecule has 0 saturated carbocycles. The van der Waals surface area contributed by atoms with Gasteiger partial charge in [-0.2, -0.15) is 5.10 Å². The van der Waals surface area contributed by atoms with Crippen molar-refractivity contribution in [2.75, 3.05) is 0 Å². The van der Waals surface area contributed by atoms with Gasteiger partial charge in [0.1, 0.15) is 11.5 Å². The van der Waals surface area contributed by atoms with Crippen LogP contribution in [0, 0.1) is 0 Å². The van der Waals surface area contributed by atoms with E-state index in [0.29, 0.717) is 27.8 Å². The Kier molecular flexibility index (Phi) is 4.69. The average molecular weight is 490 g/mol. The van der Waals surface area contributed by atoms with Crippen LogP contribution in [0.3, 0.4) is 0 Å². The highest BCUT2D eigenvalue weighted by Gasteiger charge is 2.42. The van der Waals surface area contributed by atoms with Crippen LogP contribution in [0.5, 0.6) is 11.5 Å². The number of hydrogen-bond acceptors (Lipinski definition) is 4. The van der Waals surface area contributed by atoms with E-state index in [2.05, 4.69) is 15.9 Å². The zero-order valence-electron chi connectivity index (χ0n) is 15.0. The van der Waals surface area contributed by atoms with E-state index >= 15 is 0 Å². The first-order valence-corrected chi connectivity index (χ1v) is 10.6. The van der Waals surface area contributed by atoms with Crippen molar-refractivity contribution in [3.8, 4) is 11.5 Å². The summed E-state index contributed by atoms with van der Waals surface area (Å²) in [5.41, 5.74) is 3.50. The van der Waals surface area contributed by atoms with Gasteiger partial charge in [0, 0.05) is 21.5 Å². The van der Waals surface area contributed by atoms with Crippen molar-refractivity contribution in [2.24, 2.45) is 5.10 Å². The first-order chi connectivity index (χ1) is 14.0. The zero-order chi connectivity index (χ0) is 20.1. The summed E-state index contributed by atoms with van der Waals surface area (Å²) in [6.07, 6.45) is 0.0624. The highest BCUT2D eigenvalue weighted by molar-refractivity contribution is 9.10. The minimum absolute atomic E-state index is 0.103. The molecule has 146 valence electrons. The zero-order valence-corrected chi connectivity index (χ0v) is 18.1. The van der Waals surface area contributed by atoms with Crippen LogP contribution >= 0.6 is 39.1 Å². The topological polar surface area (TPSA) is 45.1 Å². The molecule has 0 fully saturated rings. The maximum Gasteiger partial charge on any atom is 0.217 e. The van der Waals surface area contributed by atoms with E-state index in [9.17, 15) is 5.11 Å². The molecular formula is C22H15BrCl2N2O2. The quantitative estimate of drug-likeness (QED) is 0.435. The summed E-state index contributed by atoms with van der Waals surface area (Å²) in [6, 6.07) is 18.7. The standard InChI is InChI=1S/C22H15BrCl2N2O2/c23-13-6-7-20(28)16(8-13)22-27-19(11-18(26-27)12-4-2-1-3-5-12)15-9-14(24)10-17(25)21(15)29-22/h1-10,19,22,28H,11H2/t19-,22-/m0/s1. The van der Waals surface area contributed by atoms with Gasteiger partial charge in [-0.25, -0.2) is 5.01 Å². The van der Waals surface area contributed by atoms with Crippen molar-refractivity contribution in [3.05, 3.63) is 91.9 Å². The number of ether oxygens (including phenoxy) is 1. The lowest BCUT2D eigenvalue weighted by Crippen LogP contribution is -2.34. The van der Waals surface area contributed by atoms with Gasteiger partial charge in [-0.05, 0) is 35.9 Å². The van der Waals surface area contributed by atoms with Crippen LogP contribution in [0.15, 0.2) is 70.2 Å². The monoisotopic (exact) mass is 488 g/mol. The Morgan fingerprint density at radius 2 is 1.83 bits per heavy atom. The molecule has 4 nitrogen and oxygen atoms in total. The molecular weight excluding hydrogens is 475 g/mol. The predicted octanol–water partition coefficient (Wildman–Crippen LogP) is 6.70. The minimum Gasteiger partial charge on any atom is -0.507 e. The molecule has 0 amide bonds. The van der Waals surface area contributed by atoms with Crippen molar-refractivity contribution in [1.82, 2.24) is 5.01 Å². The second kappa shape index (κ2) is 7.24. The van der Waals surface area contributed by atoms with Crippen LogP contribution in [0.25, 0.3) is 0 Å². The van der Waals surface area contributed by atoms with Crippen molar-refractivity contribution < 1.29 is 9.84 Å². The molecule has 3 aromatic rings. The number of hydrogen-bond donors (Lipinski definition) is 1. The molecule has 0 bridgehead atoms. The molecule has 3 aromatic carbocycles. The van der Waals surface area contributed by atoms with Gasteiger partial charge in [0.15, 0.2) is 0 Å². The van der Waals surface area contributed by atoms with Gasteiger partial charge in [0.2, 0.25) is 6.23 Å². The summed E-state index contributed by atoms with van der Waals surface area (Å²) >= 11 is 16.2. The molecule has 0 spiro atoms. The number of halogens is 3. The molecule has 0 aromatic heterocycles. The average Bonchev–Trinajstić information content (AvgIpc) is 3.16. The van der Waals surface area contributed by atoms with Gasteiger partial charge >= 0.3 is 0 Å². The second-order valence-corrected chi connectivity index (χ2v) is 8.75. The third-order valence-corrected chi connectivity index (χ3v) is 6.16. The third-order valence-electron chi connectivity index (χ3n) is 5.17. The summed E-state index contributed by atoms with van der Waals surface area (Å²) in [5, 5.41) is 18.3. The summed E-state index contributed by atoms with van der Waals surface area (Å²) in [6.45, 7) is 0. The van der Waals surface area contributed by atoms with E-state index in [4.69, 9.17) is 33.0 Å².